The van der Waals surface area contributed by atoms with Crippen LogP contribution in [0.3, 0.4) is 0 Å². The Balaban J connectivity index is 2.03. The van der Waals surface area contributed by atoms with Crippen molar-refractivity contribution >= 4 is 17.5 Å². The third-order valence-electron chi connectivity index (χ3n) is 3.75. The number of nitrogens with two attached hydrogens (primary N) is 1. The van der Waals surface area contributed by atoms with E-state index in [9.17, 15) is 9.59 Å². The highest BCUT2D eigenvalue weighted by atomic mass is 16.2. The predicted molar refractivity (Wildman–Crippen MR) is 78.1 cm³/mol. The van der Waals surface area contributed by atoms with Gasteiger partial charge in [-0.1, -0.05) is 12.1 Å². The maximum atomic E-state index is 12.1. The van der Waals surface area contributed by atoms with Crippen molar-refractivity contribution in [2.45, 2.75) is 44.7 Å². The molecular formula is C15H21N3O2. The first-order valence-corrected chi connectivity index (χ1v) is 6.88. The molecule has 1 saturated carbocycles. The van der Waals surface area contributed by atoms with Crippen LogP contribution >= 0.6 is 0 Å². The Morgan fingerprint density at radius 1 is 1.35 bits per heavy atom. The molecule has 1 aromatic carbocycles. The van der Waals surface area contributed by atoms with Gasteiger partial charge >= 0.3 is 0 Å². The van der Waals surface area contributed by atoms with Crippen LogP contribution in [0.25, 0.3) is 0 Å². The van der Waals surface area contributed by atoms with Gasteiger partial charge in [-0.15, -0.1) is 0 Å². The first-order valence-electron chi connectivity index (χ1n) is 6.88. The first-order chi connectivity index (χ1) is 9.40. The summed E-state index contributed by atoms with van der Waals surface area (Å²) in [7, 11) is 0. The van der Waals surface area contributed by atoms with E-state index in [0.29, 0.717) is 0 Å². The molecule has 1 aliphatic carbocycles. The number of benzene rings is 1. The summed E-state index contributed by atoms with van der Waals surface area (Å²) in [5.41, 5.74) is 6.97. The summed E-state index contributed by atoms with van der Waals surface area (Å²) in [5, 5.41) is 5.67. The van der Waals surface area contributed by atoms with E-state index >= 15 is 0 Å². The van der Waals surface area contributed by atoms with E-state index in [1.54, 1.807) is 0 Å². The Morgan fingerprint density at radius 2 is 2.05 bits per heavy atom. The Morgan fingerprint density at radius 3 is 2.60 bits per heavy atom. The van der Waals surface area contributed by atoms with Gasteiger partial charge in [-0.05, 0) is 43.9 Å². The molecule has 5 heteroatoms. The Hall–Kier alpha value is -1.88. The second-order valence-electron chi connectivity index (χ2n) is 5.51. The number of anilines is 1. The maximum absolute atomic E-state index is 12.1. The van der Waals surface area contributed by atoms with Crippen LogP contribution < -0.4 is 16.4 Å². The molecule has 0 aliphatic heterocycles. The van der Waals surface area contributed by atoms with Gasteiger partial charge in [0.25, 0.3) is 0 Å². The van der Waals surface area contributed by atoms with Crippen molar-refractivity contribution in [3.8, 4) is 0 Å². The highest BCUT2D eigenvalue weighted by Gasteiger charge is 2.40. The normalized spacial score (nSPS) is 17.8. The van der Waals surface area contributed by atoms with Gasteiger partial charge in [0, 0.05) is 12.6 Å². The summed E-state index contributed by atoms with van der Waals surface area (Å²) < 4.78 is 0. The summed E-state index contributed by atoms with van der Waals surface area (Å²) in [5.74, 6) is -0.213. The van der Waals surface area contributed by atoms with Crippen LogP contribution in [0, 0.1) is 0 Å². The number of hydrogen-bond acceptors (Lipinski definition) is 3. The zero-order valence-corrected chi connectivity index (χ0v) is 11.9. The van der Waals surface area contributed by atoms with Gasteiger partial charge in [-0.2, -0.15) is 0 Å². The van der Waals surface area contributed by atoms with Gasteiger partial charge in [0.1, 0.15) is 0 Å². The Bertz CT molecular complexity index is 524. The molecule has 0 bridgehead atoms. The first kappa shape index (κ1) is 14.5. The molecule has 108 valence electrons. The summed E-state index contributed by atoms with van der Waals surface area (Å²) in [6.07, 6.45) is 2.51. The molecule has 1 aliphatic rings. The average molecular weight is 275 g/mol. The van der Waals surface area contributed by atoms with Crippen LogP contribution in [0.15, 0.2) is 24.3 Å². The molecule has 0 aromatic heterocycles. The molecule has 1 fully saturated rings. The number of carbonyl (C=O) groups excluding carboxylic acids is 2. The zero-order valence-electron chi connectivity index (χ0n) is 11.9. The Labute approximate surface area is 118 Å². The third kappa shape index (κ3) is 3.17. The molecule has 1 unspecified atom stereocenters. The molecule has 2 rings (SSSR count). The number of nitrogens with one attached hydrogen (secondary N) is 2. The van der Waals surface area contributed by atoms with Crippen LogP contribution in [0.4, 0.5) is 5.69 Å². The molecule has 0 spiro atoms. The number of rotatable bonds is 4. The van der Waals surface area contributed by atoms with Gasteiger partial charge < -0.3 is 16.4 Å². The Kier molecular flexibility index (Phi) is 4.09. The van der Waals surface area contributed by atoms with Gasteiger partial charge in [-0.3, -0.25) is 9.59 Å². The summed E-state index contributed by atoms with van der Waals surface area (Å²) in [6.45, 7) is 3.37. The largest absolute Gasteiger partial charge is 0.348 e. The van der Waals surface area contributed by atoms with E-state index in [1.807, 2.05) is 31.2 Å². The minimum absolute atomic E-state index is 0.0961. The van der Waals surface area contributed by atoms with Crippen LogP contribution in [0.2, 0.25) is 0 Å². The van der Waals surface area contributed by atoms with Crippen molar-refractivity contribution in [1.82, 2.24) is 5.32 Å². The van der Waals surface area contributed by atoms with Crippen molar-refractivity contribution in [2.24, 2.45) is 5.73 Å². The van der Waals surface area contributed by atoms with E-state index in [-0.39, 0.29) is 17.9 Å². The predicted octanol–water partition coefficient (Wildman–Crippen LogP) is 1.70. The van der Waals surface area contributed by atoms with E-state index in [2.05, 4.69) is 10.6 Å². The zero-order chi connectivity index (χ0) is 14.8. The lowest BCUT2D eigenvalue weighted by atomic mass is 9.77. The minimum Gasteiger partial charge on any atom is -0.348 e. The fourth-order valence-corrected chi connectivity index (χ4v) is 2.30. The van der Waals surface area contributed by atoms with Crippen LogP contribution in [-0.2, 0) is 9.59 Å². The lowest BCUT2D eigenvalue weighted by molar-refractivity contribution is -0.129. The molecule has 0 heterocycles. The van der Waals surface area contributed by atoms with E-state index < -0.39 is 5.54 Å². The second kappa shape index (κ2) is 5.63. The number of amides is 2. The van der Waals surface area contributed by atoms with Gasteiger partial charge in [0.05, 0.1) is 11.6 Å². The molecule has 0 radical (unpaired) electrons. The molecule has 1 atom stereocenters. The number of carbonyl (C=O) groups is 2. The smallest absolute Gasteiger partial charge is 0.240 e. The standard InChI is InChI=1S/C15H21N3O2/c1-10(17-14(20)15(16)7-4-8-15)12-5-3-6-13(9-12)18-11(2)19/h3,5-6,9-10H,4,7-8,16H2,1-2H3,(H,17,20)(H,18,19). The highest BCUT2D eigenvalue weighted by molar-refractivity contribution is 5.89. The topological polar surface area (TPSA) is 84.2 Å². The van der Waals surface area contributed by atoms with Crippen molar-refractivity contribution in [3.05, 3.63) is 29.8 Å². The van der Waals surface area contributed by atoms with Crippen molar-refractivity contribution in [3.63, 3.8) is 0 Å². The highest BCUT2D eigenvalue weighted by Crippen LogP contribution is 2.30. The fraction of sp³-hybridized carbons (Fsp3) is 0.467. The molecule has 2 amide bonds. The van der Waals surface area contributed by atoms with Gasteiger partial charge in [-0.25, -0.2) is 0 Å². The van der Waals surface area contributed by atoms with Crippen LogP contribution in [0.5, 0.6) is 0 Å². The van der Waals surface area contributed by atoms with E-state index in [4.69, 9.17) is 5.73 Å². The molecular weight excluding hydrogens is 254 g/mol. The van der Waals surface area contributed by atoms with Crippen molar-refractivity contribution < 1.29 is 9.59 Å². The van der Waals surface area contributed by atoms with Crippen LogP contribution in [0.1, 0.15) is 44.7 Å². The summed E-state index contributed by atoms with van der Waals surface area (Å²) >= 11 is 0. The number of hydrogen-bond donors (Lipinski definition) is 3. The second-order valence-corrected chi connectivity index (χ2v) is 5.51. The molecule has 20 heavy (non-hydrogen) atoms. The minimum atomic E-state index is -0.691. The van der Waals surface area contributed by atoms with Crippen molar-refractivity contribution in [1.29, 1.82) is 0 Å². The molecule has 5 nitrogen and oxygen atoms in total. The lowest BCUT2D eigenvalue weighted by Crippen LogP contribution is -2.58. The van der Waals surface area contributed by atoms with Gasteiger partial charge in [0.2, 0.25) is 11.8 Å². The quantitative estimate of drug-likeness (QED) is 0.782. The maximum Gasteiger partial charge on any atom is 0.240 e. The molecule has 0 saturated heterocycles. The van der Waals surface area contributed by atoms with E-state index in [0.717, 1.165) is 30.5 Å². The molecule has 4 N–H and O–H groups in total. The summed E-state index contributed by atoms with van der Waals surface area (Å²) in [6, 6.07) is 7.30. The SMILES string of the molecule is CC(=O)Nc1cccc(C(C)NC(=O)C2(N)CCC2)c1. The van der Waals surface area contributed by atoms with Crippen LogP contribution in [-0.4, -0.2) is 17.4 Å². The fourth-order valence-electron chi connectivity index (χ4n) is 2.30. The molecule has 1 aromatic rings. The van der Waals surface area contributed by atoms with Crippen molar-refractivity contribution in [2.75, 3.05) is 5.32 Å². The van der Waals surface area contributed by atoms with E-state index in [1.165, 1.54) is 6.92 Å². The lowest BCUT2D eigenvalue weighted by Gasteiger charge is -2.37. The average Bonchev–Trinajstić information content (AvgIpc) is 2.35. The van der Waals surface area contributed by atoms with Gasteiger partial charge in [0.15, 0.2) is 0 Å². The third-order valence-corrected chi connectivity index (χ3v) is 3.75. The summed E-state index contributed by atoms with van der Waals surface area (Å²) in [4.78, 5) is 23.1. The monoisotopic (exact) mass is 275 g/mol.